The van der Waals surface area contributed by atoms with E-state index in [0.29, 0.717) is 12.3 Å². The minimum Gasteiger partial charge on any atom is -0.459 e. The van der Waals surface area contributed by atoms with Crippen molar-refractivity contribution in [1.82, 2.24) is 9.78 Å². The van der Waals surface area contributed by atoms with Crippen molar-refractivity contribution in [2.24, 2.45) is 0 Å². The molecule has 0 saturated heterocycles. The van der Waals surface area contributed by atoms with E-state index in [2.05, 4.69) is 5.10 Å². The highest BCUT2D eigenvalue weighted by Gasteiger charge is 2.05. The number of nitrogens with two attached hydrogens (primary N) is 1. The van der Waals surface area contributed by atoms with Gasteiger partial charge in [0, 0.05) is 11.1 Å². The maximum Gasteiger partial charge on any atom is 0.328 e. The van der Waals surface area contributed by atoms with Crippen LogP contribution in [0.4, 0.5) is 5.69 Å². The number of aromatic nitrogens is 2. The third-order valence-corrected chi connectivity index (χ3v) is 2.75. The van der Waals surface area contributed by atoms with E-state index in [1.54, 1.807) is 17.5 Å². The number of hydrogen-bond acceptors (Lipinski definition) is 5. The molecule has 84 valence electrons. The molecule has 0 bridgehead atoms. The second-order valence-electron chi connectivity index (χ2n) is 3.21. The summed E-state index contributed by atoms with van der Waals surface area (Å²) in [5.74, 6) is -0.323. The van der Waals surface area contributed by atoms with Gasteiger partial charge in [-0.2, -0.15) is 5.10 Å². The number of anilines is 1. The van der Waals surface area contributed by atoms with Gasteiger partial charge in [0.05, 0.1) is 11.9 Å². The minimum atomic E-state index is -0.323. The number of thiophene rings is 1. The molecule has 0 saturated carbocycles. The van der Waals surface area contributed by atoms with Crippen LogP contribution in [0.1, 0.15) is 4.88 Å². The van der Waals surface area contributed by atoms with Crippen LogP contribution in [0.15, 0.2) is 29.9 Å². The van der Waals surface area contributed by atoms with Crippen molar-refractivity contribution in [3.63, 3.8) is 0 Å². The van der Waals surface area contributed by atoms with Crippen LogP contribution in [-0.2, 0) is 22.7 Å². The fourth-order valence-electron chi connectivity index (χ4n) is 1.19. The van der Waals surface area contributed by atoms with Gasteiger partial charge in [-0.1, -0.05) is 6.07 Å². The van der Waals surface area contributed by atoms with Crippen LogP contribution >= 0.6 is 11.3 Å². The van der Waals surface area contributed by atoms with E-state index in [0.717, 1.165) is 4.88 Å². The normalized spacial score (nSPS) is 10.2. The lowest BCUT2D eigenvalue weighted by Crippen LogP contribution is -2.13. The third kappa shape index (κ3) is 2.83. The second-order valence-corrected chi connectivity index (χ2v) is 4.24. The molecule has 2 aromatic rings. The largest absolute Gasteiger partial charge is 0.459 e. The molecular weight excluding hydrogens is 226 g/mol. The molecule has 2 rings (SSSR count). The minimum absolute atomic E-state index is 0.0859. The zero-order valence-electron chi connectivity index (χ0n) is 8.50. The number of ether oxygens (including phenoxy) is 1. The van der Waals surface area contributed by atoms with E-state index in [9.17, 15) is 4.79 Å². The van der Waals surface area contributed by atoms with Crippen LogP contribution in [0.5, 0.6) is 0 Å². The first-order valence-electron chi connectivity index (χ1n) is 4.70. The first-order valence-corrected chi connectivity index (χ1v) is 5.58. The van der Waals surface area contributed by atoms with Gasteiger partial charge in [-0.15, -0.1) is 11.3 Å². The molecule has 2 N–H and O–H groups in total. The average molecular weight is 237 g/mol. The van der Waals surface area contributed by atoms with Crippen LogP contribution in [0, 0.1) is 0 Å². The highest BCUT2D eigenvalue weighted by Crippen LogP contribution is 2.09. The lowest BCUT2D eigenvalue weighted by molar-refractivity contribution is -0.145. The Morgan fingerprint density at radius 1 is 1.62 bits per heavy atom. The van der Waals surface area contributed by atoms with Gasteiger partial charge in [-0.05, 0) is 11.4 Å². The van der Waals surface area contributed by atoms with E-state index < -0.39 is 0 Å². The quantitative estimate of drug-likeness (QED) is 0.813. The third-order valence-electron chi connectivity index (χ3n) is 1.90. The van der Waals surface area contributed by atoms with E-state index in [1.165, 1.54) is 10.9 Å². The van der Waals surface area contributed by atoms with Crippen LogP contribution < -0.4 is 5.73 Å². The highest BCUT2D eigenvalue weighted by atomic mass is 32.1. The molecule has 0 aromatic carbocycles. The summed E-state index contributed by atoms with van der Waals surface area (Å²) in [4.78, 5) is 12.4. The van der Waals surface area contributed by atoms with Gasteiger partial charge in [0.2, 0.25) is 0 Å². The summed E-state index contributed by atoms with van der Waals surface area (Å²) >= 11 is 1.56. The van der Waals surface area contributed by atoms with Gasteiger partial charge in [0.25, 0.3) is 0 Å². The number of esters is 1. The summed E-state index contributed by atoms with van der Waals surface area (Å²) in [5, 5.41) is 5.84. The molecule has 0 aliphatic carbocycles. The summed E-state index contributed by atoms with van der Waals surface area (Å²) in [6.07, 6.45) is 3.08. The van der Waals surface area contributed by atoms with Crippen molar-refractivity contribution in [1.29, 1.82) is 0 Å². The molecule has 0 aliphatic heterocycles. The molecule has 0 amide bonds. The Morgan fingerprint density at radius 2 is 2.50 bits per heavy atom. The topological polar surface area (TPSA) is 70.1 Å². The van der Waals surface area contributed by atoms with Gasteiger partial charge in [-0.25, -0.2) is 0 Å². The number of carbonyl (C=O) groups is 1. The molecule has 16 heavy (non-hydrogen) atoms. The molecule has 5 nitrogen and oxygen atoms in total. The molecule has 2 aromatic heterocycles. The van der Waals surface area contributed by atoms with Crippen molar-refractivity contribution in [3.8, 4) is 0 Å². The van der Waals surface area contributed by atoms with E-state index >= 15 is 0 Å². The van der Waals surface area contributed by atoms with E-state index in [4.69, 9.17) is 10.5 Å². The number of hydrogen-bond donors (Lipinski definition) is 1. The van der Waals surface area contributed by atoms with E-state index in [-0.39, 0.29) is 12.5 Å². The molecule has 0 spiro atoms. The molecule has 0 aliphatic rings. The predicted molar refractivity (Wildman–Crippen MR) is 60.8 cm³/mol. The van der Waals surface area contributed by atoms with Crippen molar-refractivity contribution in [3.05, 3.63) is 34.8 Å². The molecular formula is C10H11N3O2S. The maximum atomic E-state index is 11.4. The van der Waals surface area contributed by atoms with Crippen molar-refractivity contribution in [2.75, 3.05) is 5.73 Å². The van der Waals surface area contributed by atoms with Gasteiger partial charge >= 0.3 is 5.97 Å². The zero-order valence-corrected chi connectivity index (χ0v) is 9.31. The Morgan fingerprint density at radius 3 is 3.12 bits per heavy atom. The summed E-state index contributed by atoms with van der Waals surface area (Å²) in [5.41, 5.74) is 6.01. The lowest BCUT2D eigenvalue weighted by Gasteiger charge is -2.02. The van der Waals surface area contributed by atoms with Gasteiger partial charge < -0.3 is 10.5 Å². The Hall–Kier alpha value is -1.82. The smallest absolute Gasteiger partial charge is 0.328 e. The average Bonchev–Trinajstić information content (AvgIpc) is 2.87. The Bertz CT molecular complexity index is 464. The first-order chi connectivity index (χ1) is 7.74. The zero-order chi connectivity index (χ0) is 11.4. The Labute approximate surface area is 96.4 Å². The van der Waals surface area contributed by atoms with Crippen molar-refractivity contribution >= 4 is 23.0 Å². The number of nitrogen functional groups attached to an aromatic ring is 1. The molecule has 2 heterocycles. The first kappa shape index (κ1) is 10.7. The predicted octanol–water partition coefficient (Wildman–Crippen LogP) is 1.27. The van der Waals surface area contributed by atoms with Crippen LogP contribution in [0.3, 0.4) is 0 Å². The Kier molecular flexibility index (Phi) is 3.21. The van der Waals surface area contributed by atoms with Crippen molar-refractivity contribution in [2.45, 2.75) is 13.2 Å². The molecule has 0 radical (unpaired) electrons. The summed E-state index contributed by atoms with van der Waals surface area (Å²) in [6.45, 7) is 0.399. The van der Waals surface area contributed by atoms with E-state index in [1.807, 2.05) is 17.5 Å². The SMILES string of the molecule is Nc1cnn(CC(=O)OCc2cccs2)c1. The summed E-state index contributed by atoms with van der Waals surface area (Å²) in [7, 11) is 0. The number of rotatable bonds is 4. The summed E-state index contributed by atoms with van der Waals surface area (Å²) in [6, 6.07) is 3.84. The standard InChI is InChI=1S/C10H11N3O2S/c11-8-4-12-13(5-8)6-10(14)15-7-9-2-1-3-16-9/h1-5H,6-7,11H2. The lowest BCUT2D eigenvalue weighted by atomic mass is 10.5. The monoisotopic (exact) mass is 237 g/mol. The molecule has 0 fully saturated rings. The fraction of sp³-hybridized carbons (Fsp3) is 0.200. The van der Waals surface area contributed by atoms with Gasteiger partial charge in [0.15, 0.2) is 0 Å². The molecule has 0 atom stereocenters. The number of nitrogens with zero attached hydrogens (tertiary/aromatic N) is 2. The van der Waals surface area contributed by atoms with Crippen LogP contribution in [-0.4, -0.2) is 15.7 Å². The summed E-state index contributed by atoms with van der Waals surface area (Å²) < 4.78 is 6.52. The van der Waals surface area contributed by atoms with Crippen LogP contribution in [0.25, 0.3) is 0 Å². The van der Waals surface area contributed by atoms with Crippen molar-refractivity contribution < 1.29 is 9.53 Å². The molecule has 0 unspecified atom stereocenters. The highest BCUT2D eigenvalue weighted by molar-refractivity contribution is 7.09. The number of carbonyl (C=O) groups excluding carboxylic acids is 1. The Balaban J connectivity index is 1.81. The second kappa shape index (κ2) is 4.80. The van der Waals surface area contributed by atoms with Crippen LogP contribution in [0.2, 0.25) is 0 Å². The van der Waals surface area contributed by atoms with Gasteiger partial charge in [-0.3, -0.25) is 9.48 Å². The molecule has 6 heteroatoms. The fourth-order valence-corrected chi connectivity index (χ4v) is 1.81. The maximum absolute atomic E-state index is 11.4. The van der Waals surface area contributed by atoms with Gasteiger partial charge in [0.1, 0.15) is 13.2 Å².